The molecule has 1 heterocycles. The Hall–Kier alpha value is -1.88. The molecule has 0 amide bonds. The number of aryl methyl sites for hydroxylation is 2. The third-order valence-corrected chi connectivity index (χ3v) is 3.25. The fraction of sp³-hybridized carbons (Fsp3) is 0.308. The van der Waals surface area contributed by atoms with Gasteiger partial charge in [0.2, 0.25) is 0 Å². The van der Waals surface area contributed by atoms with Crippen molar-refractivity contribution in [3.05, 3.63) is 40.4 Å². The molecular formula is C13H14ClN3O2. The first-order chi connectivity index (χ1) is 8.99. The lowest BCUT2D eigenvalue weighted by molar-refractivity contribution is -0.137. The Morgan fingerprint density at radius 3 is 2.84 bits per heavy atom. The van der Waals surface area contributed by atoms with E-state index in [2.05, 4.69) is 10.1 Å². The molecule has 0 saturated carbocycles. The number of carboxylic acids is 1. The molecule has 0 radical (unpaired) electrons. The van der Waals surface area contributed by atoms with Gasteiger partial charge in [-0.15, -0.1) is 0 Å². The lowest BCUT2D eigenvalue weighted by Gasteiger charge is -2.07. The number of halogens is 1. The number of benzene rings is 1. The van der Waals surface area contributed by atoms with Gasteiger partial charge in [0.1, 0.15) is 5.82 Å². The predicted octanol–water partition coefficient (Wildman–Crippen LogP) is 2.55. The molecule has 19 heavy (non-hydrogen) atoms. The summed E-state index contributed by atoms with van der Waals surface area (Å²) in [6.07, 6.45) is 0.348. The first kappa shape index (κ1) is 13.5. The second-order valence-electron chi connectivity index (χ2n) is 4.26. The first-order valence-electron chi connectivity index (χ1n) is 5.89. The van der Waals surface area contributed by atoms with Gasteiger partial charge >= 0.3 is 5.97 Å². The molecule has 100 valence electrons. The van der Waals surface area contributed by atoms with Crippen LogP contribution in [0.4, 0.5) is 0 Å². The third-order valence-electron chi connectivity index (χ3n) is 2.84. The van der Waals surface area contributed by atoms with E-state index in [1.165, 1.54) is 0 Å². The topological polar surface area (TPSA) is 68.0 Å². The summed E-state index contributed by atoms with van der Waals surface area (Å²) >= 11 is 6.09. The maximum absolute atomic E-state index is 10.6. The van der Waals surface area contributed by atoms with Crippen molar-refractivity contribution in [2.75, 3.05) is 0 Å². The Bertz CT molecular complexity index is 622. The van der Waals surface area contributed by atoms with Gasteiger partial charge in [-0.25, -0.2) is 9.67 Å². The van der Waals surface area contributed by atoms with Crippen molar-refractivity contribution in [3.8, 4) is 5.69 Å². The standard InChI is InChI=1S/C13H14ClN3O2/c1-8-10(14)4-3-5-11(8)17-9(2)15-12(16-17)6-7-13(18)19/h3-5H,6-7H2,1-2H3,(H,18,19). The highest BCUT2D eigenvalue weighted by molar-refractivity contribution is 6.31. The van der Waals surface area contributed by atoms with Crippen molar-refractivity contribution < 1.29 is 9.90 Å². The summed E-state index contributed by atoms with van der Waals surface area (Å²) in [5.41, 5.74) is 1.78. The van der Waals surface area contributed by atoms with Crippen LogP contribution in [0.1, 0.15) is 23.6 Å². The van der Waals surface area contributed by atoms with Crippen molar-refractivity contribution in [1.29, 1.82) is 0 Å². The Balaban J connectivity index is 2.35. The van der Waals surface area contributed by atoms with Crippen molar-refractivity contribution in [1.82, 2.24) is 14.8 Å². The second-order valence-corrected chi connectivity index (χ2v) is 4.67. The highest BCUT2D eigenvalue weighted by Gasteiger charge is 2.12. The molecule has 2 aromatic rings. The van der Waals surface area contributed by atoms with Crippen LogP contribution < -0.4 is 0 Å². The van der Waals surface area contributed by atoms with E-state index in [1.54, 1.807) is 4.68 Å². The molecule has 5 nitrogen and oxygen atoms in total. The van der Waals surface area contributed by atoms with Gasteiger partial charge in [0.25, 0.3) is 0 Å². The normalized spacial score (nSPS) is 10.7. The Morgan fingerprint density at radius 2 is 2.16 bits per heavy atom. The van der Waals surface area contributed by atoms with E-state index in [1.807, 2.05) is 32.0 Å². The first-order valence-corrected chi connectivity index (χ1v) is 6.26. The summed E-state index contributed by atoms with van der Waals surface area (Å²) < 4.78 is 1.69. The van der Waals surface area contributed by atoms with Crippen molar-refractivity contribution in [3.63, 3.8) is 0 Å². The van der Waals surface area contributed by atoms with Crippen molar-refractivity contribution >= 4 is 17.6 Å². The van der Waals surface area contributed by atoms with Crippen LogP contribution in [0.25, 0.3) is 5.69 Å². The quantitative estimate of drug-likeness (QED) is 0.934. The van der Waals surface area contributed by atoms with Gasteiger partial charge in [0, 0.05) is 11.4 Å². The van der Waals surface area contributed by atoms with E-state index in [0.717, 1.165) is 11.3 Å². The van der Waals surface area contributed by atoms with E-state index < -0.39 is 5.97 Å². The van der Waals surface area contributed by atoms with E-state index in [4.69, 9.17) is 16.7 Å². The smallest absolute Gasteiger partial charge is 0.303 e. The fourth-order valence-electron chi connectivity index (χ4n) is 1.82. The zero-order valence-corrected chi connectivity index (χ0v) is 11.5. The van der Waals surface area contributed by atoms with Gasteiger partial charge in [-0.1, -0.05) is 17.7 Å². The van der Waals surface area contributed by atoms with Crippen LogP contribution in [-0.4, -0.2) is 25.8 Å². The van der Waals surface area contributed by atoms with E-state index in [-0.39, 0.29) is 6.42 Å². The van der Waals surface area contributed by atoms with Crippen LogP contribution in [0.15, 0.2) is 18.2 Å². The molecule has 1 aromatic carbocycles. The molecule has 2 rings (SSSR count). The summed E-state index contributed by atoms with van der Waals surface area (Å²) in [5.74, 6) is 0.387. The van der Waals surface area contributed by atoms with Gasteiger partial charge < -0.3 is 5.11 Å². The number of carboxylic acid groups (broad SMARTS) is 1. The number of aromatic nitrogens is 3. The average molecular weight is 280 g/mol. The molecular weight excluding hydrogens is 266 g/mol. The molecule has 0 bridgehead atoms. The Morgan fingerprint density at radius 1 is 1.42 bits per heavy atom. The molecule has 0 unspecified atom stereocenters. The summed E-state index contributed by atoms with van der Waals surface area (Å²) in [5, 5.41) is 13.7. The summed E-state index contributed by atoms with van der Waals surface area (Å²) in [6, 6.07) is 5.57. The molecule has 0 spiro atoms. The minimum absolute atomic E-state index is 0.0258. The molecule has 0 saturated heterocycles. The monoisotopic (exact) mass is 279 g/mol. The molecule has 6 heteroatoms. The fourth-order valence-corrected chi connectivity index (χ4v) is 1.99. The number of hydrogen-bond donors (Lipinski definition) is 1. The van der Waals surface area contributed by atoms with E-state index in [0.29, 0.717) is 23.1 Å². The van der Waals surface area contributed by atoms with Gasteiger partial charge in [0.05, 0.1) is 12.1 Å². The summed E-state index contributed by atoms with van der Waals surface area (Å²) in [4.78, 5) is 14.8. The van der Waals surface area contributed by atoms with Crippen molar-refractivity contribution in [2.45, 2.75) is 26.7 Å². The number of rotatable bonds is 4. The van der Waals surface area contributed by atoms with Gasteiger partial charge in [-0.05, 0) is 31.5 Å². The highest BCUT2D eigenvalue weighted by Crippen LogP contribution is 2.22. The van der Waals surface area contributed by atoms with Gasteiger partial charge in [-0.3, -0.25) is 4.79 Å². The molecule has 1 N–H and O–H groups in total. The SMILES string of the molecule is Cc1c(Cl)cccc1-n1nc(CCC(=O)O)nc1C. The minimum Gasteiger partial charge on any atom is -0.481 e. The highest BCUT2D eigenvalue weighted by atomic mass is 35.5. The second kappa shape index (κ2) is 5.40. The van der Waals surface area contributed by atoms with Crippen LogP contribution >= 0.6 is 11.6 Å². The maximum Gasteiger partial charge on any atom is 0.303 e. The van der Waals surface area contributed by atoms with Gasteiger partial charge in [-0.2, -0.15) is 5.10 Å². The van der Waals surface area contributed by atoms with Crippen molar-refractivity contribution in [2.24, 2.45) is 0 Å². The van der Waals surface area contributed by atoms with Crippen LogP contribution in [0.3, 0.4) is 0 Å². The van der Waals surface area contributed by atoms with Crippen LogP contribution in [0.2, 0.25) is 5.02 Å². The van der Waals surface area contributed by atoms with Crippen LogP contribution in [-0.2, 0) is 11.2 Å². The summed E-state index contributed by atoms with van der Waals surface area (Å²) in [6.45, 7) is 3.74. The molecule has 0 aliphatic rings. The number of nitrogens with zero attached hydrogens (tertiary/aromatic N) is 3. The number of aliphatic carboxylic acids is 1. The maximum atomic E-state index is 10.6. The van der Waals surface area contributed by atoms with E-state index in [9.17, 15) is 4.79 Å². The van der Waals surface area contributed by atoms with Crippen LogP contribution in [0.5, 0.6) is 0 Å². The molecule has 1 aromatic heterocycles. The molecule has 0 fully saturated rings. The lowest BCUT2D eigenvalue weighted by atomic mass is 10.2. The zero-order chi connectivity index (χ0) is 14.0. The Labute approximate surface area is 115 Å². The number of carbonyl (C=O) groups is 1. The zero-order valence-electron chi connectivity index (χ0n) is 10.7. The lowest BCUT2D eigenvalue weighted by Crippen LogP contribution is -2.03. The molecule has 0 aliphatic heterocycles. The number of hydrogen-bond acceptors (Lipinski definition) is 3. The predicted molar refractivity (Wildman–Crippen MR) is 71.8 cm³/mol. The molecule has 0 atom stereocenters. The molecule has 0 aliphatic carbocycles. The van der Waals surface area contributed by atoms with Crippen LogP contribution in [0, 0.1) is 13.8 Å². The summed E-state index contributed by atoms with van der Waals surface area (Å²) in [7, 11) is 0. The Kier molecular flexibility index (Phi) is 3.85. The third kappa shape index (κ3) is 2.93. The largest absolute Gasteiger partial charge is 0.481 e. The van der Waals surface area contributed by atoms with Gasteiger partial charge in [0.15, 0.2) is 5.82 Å². The average Bonchev–Trinajstić information content (AvgIpc) is 2.71. The minimum atomic E-state index is -0.854. The van der Waals surface area contributed by atoms with E-state index >= 15 is 0 Å².